The number of rotatable bonds is 3. The average Bonchev–Trinajstić information content (AvgIpc) is 2.04. The average molecular weight is 152 g/mol. The SMILES string of the molecule is CCCNc1cnc(N)cn1. The van der Waals surface area contributed by atoms with Crippen LogP contribution in [0.1, 0.15) is 13.3 Å². The molecule has 0 unspecified atom stereocenters. The van der Waals surface area contributed by atoms with E-state index in [4.69, 9.17) is 5.73 Å². The molecule has 4 nitrogen and oxygen atoms in total. The summed E-state index contributed by atoms with van der Waals surface area (Å²) in [5.74, 6) is 1.23. The van der Waals surface area contributed by atoms with Gasteiger partial charge in [0, 0.05) is 6.54 Å². The zero-order valence-corrected chi connectivity index (χ0v) is 6.54. The van der Waals surface area contributed by atoms with Crippen molar-refractivity contribution in [1.29, 1.82) is 0 Å². The van der Waals surface area contributed by atoms with E-state index < -0.39 is 0 Å². The van der Waals surface area contributed by atoms with E-state index in [-0.39, 0.29) is 0 Å². The molecule has 0 spiro atoms. The fraction of sp³-hybridized carbons (Fsp3) is 0.429. The lowest BCUT2D eigenvalue weighted by molar-refractivity contribution is 0.965. The van der Waals surface area contributed by atoms with Gasteiger partial charge >= 0.3 is 0 Å². The Morgan fingerprint density at radius 3 is 2.82 bits per heavy atom. The zero-order valence-electron chi connectivity index (χ0n) is 6.54. The fourth-order valence-electron chi connectivity index (χ4n) is 0.682. The maximum atomic E-state index is 5.35. The Bertz CT molecular complexity index is 206. The van der Waals surface area contributed by atoms with E-state index >= 15 is 0 Å². The van der Waals surface area contributed by atoms with E-state index in [0.29, 0.717) is 5.82 Å². The molecule has 1 rings (SSSR count). The third kappa shape index (κ3) is 2.41. The molecule has 1 aromatic heterocycles. The molecule has 0 saturated carbocycles. The van der Waals surface area contributed by atoms with E-state index in [1.165, 1.54) is 6.20 Å². The molecular weight excluding hydrogens is 140 g/mol. The van der Waals surface area contributed by atoms with Gasteiger partial charge in [-0.1, -0.05) is 6.92 Å². The first-order chi connectivity index (χ1) is 5.33. The van der Waals surface area contributed by atoms with Crippen LogP contribution in [0, 0.1) is 0 Å². The minimum atomic E-state index is 0.451. The van der Waals surface area contributed by atoms with Crippen molar-refractivity contribution in [1.82, 2.24) is 9.97 Å². The molecule has 4 heteroatoms. The molecule has 0 aliphatic carbocycles. The van der Waals surface area contributed by atoms with Crippen molar-refractivity contribution in [3.05, 3.63) is 12.4 Å². The van der Waals surface area contributed by atoms with Crippen molar-refractivity contribution in [2.75, 3.05) is 17.6 Å². The molecule has 0 fully saturated rings. The Morgan fingerprint density at radius 2 is 2.27 bits per heavy atom. The fourth-order valence-corrected chi connectivity index (χ4v) is 0.682. The lowest BCUT2D eigenvalue weighted by Crippen LogP contribution is -2.02. The Kier molecular flexibility index (Phi) is 2.66. The van der Waals surface area contributed by atoms with Crippen molar-refractivity contribution < 1.29 is 0 Å². The van der Waals surface area contributed by atoms with Crippen LogP contribution in [0.4, 0.5) is 11.6 Å². The van der Waals surface area contributed by atoms with Crippen LogP contribution in [0.15, 0.2) is 12.4 Å². The number of hydrogen-bond donors (Lipinski definition) is 2. The maximum Gasteiger partial charge on any atom is 0.144 e. The summed E-state index contributed by atoms with van der Waals surface area (Å²) in [6, 6.07) is 0. The first kappa shape index (κ1) is 7.78. The highest BCUT2D eigenvalue weighted by molar-refractivity contribution is 5.35. The van der Waals surface area contributed by atoms with Gasteiger partial charge in [-0.2, -0.15) is 0 Å². The molecule has 3 N–H and O–H groups in total. The molecule has 0 aliphatic heterocycles. The van der Waals surface area contributed by atoms with Gasteiger partial charge in [0.25, 0.3) is 0 Å². The zero-order chi connectivity index (χ0) is 8.10. The van der Waals surface area contributed by atoms with Crippen LogP contribution in [-0.2, 0) is 0 Å². The highest BCUT2D eigenvalue weighted by Gasteiger charge is 1.90. The summed E-state index contributed by atoms with van der Waals surface area (Å²) in [7, 11) is 0. The Morgan fingerprint density at radius 1 is 1.45 bits per heavy atom. The predicted octanol–water partition coefficient (Wildman–Crippen LogP) is 0.881. The highest BCUT2D eigenvalue weighted by atomic mass is 15.0. The van der Waals surface area contributed by atoms with E-state index in [2.05, 4.69) is 22.2 Å². The van der Waals surface area contributed by atoms with Gasteiger partial charge in [-0.15, -0.1) is 0 Å². The number of hydrogen-bond acceptors (Lipinski definition) is 4. The first-order valence-corrected chi connectivity index (χ1v) is 3.64. The second-order valence-corrected chi connectivity index (χ2v) is 2.25. The standard InChI is InChI=1S/C7H12N4/c1-2-3-9-7-5-10-6(8)4-11-7/h4-5H,2-3H2,1H3,(H2,8,10)(H,9,11). The lowest BCUT2D eigenvalue weighted by atomic mass is 10.5. The monoisotopic (exact) mass is 152 g/mol. The van der Waals surface area contributed by atoms with Gasteiger partial charge in [0.1, 0.15) is 11.6 Å². The topological polar surface area (TPSA) is 63.8 Å². The Hall–Kier alpha value is -1.32. The number of anilines is 2. The van der Waals surface area contributed by atoms with Crippen LogP contribution in [-0.4, -0.2) is 16.5 Å². The Labute approximate surface area is 65.9 Å². The minimum absolute atomic E-state index is 0.451. The minimum Gasteiger partial charge on any atom is -0.382 e. The van der Waals surface area contributed by atoms with Crippen LogP contribution < -0.4 is 11.1 Å². The molecule has 0 bridgehead atoms. The summed E-state index contributed by atoms with van der Waals surface area (Å²) in [4.78, 5) is 7.90. The lowest BCUT2D eigenvalue weighted by Gasteiger charge is -2.01. The van der Waals surface area contributed by atoms with Gasteiger partial charge in [-0.3, -0.25) is 0 Å². The summed E-state index contributed by atoms with van der Waals surface area (Å²) in [5, 5.41) is 3.09. The molecule has 0 amide bonds. The van der Waals surface area contributed by atoms with Gasteiger partial charge < -0.3 is 11.1 Å². The Balaban J connectivity index is 2.52. The van der Waals surface area contributed by atoms with Crippen molar-refractivity contribution >= 4 is 11.6 Å². The molecule has 0 atom stereocenters. The number of nitrogens with zero attached hydrogens (tertiary/aromatic N) is 2. The van der Waals surface area contributed by atoms with Crippen LogP contribution >= 0.6 is 0 Å². The molecule has 1 aromatic rings. The van der Waals surface area contributed by atoms with Crippen LogP contribution in [0.5, 0.6) is 0 Å². The second-order valence-electron chi connectivity index (χ2n) is 2.25. The first-order valence-electron chi connectivity index (χ1n) is 3.64. The molecule has 0 aliphatic rings. The smallest absolute Gasteiger partial charge is 0.144 e. The normalized spacial score (nSPS) is 9.55. The molecule has 0 aromatic carbocycles. The van der Waals surface area contributed by atoms with Crippen molar-refractivity contribution in [3.8, 4) is 0 Å². The van der Waals surface area contributed by atoms with Gasteiger partial charge in [0.05, 0.1) is 12.4 Å². The highest BCUT2D eigenvalue weighted by Crippen LogP contribution is 2.00. The maximum absolute atomic E-state index is 5.35. The van der Waals surface area contributed by atoms with Gasteiger partial charge in [0.2, 0.25) is 0 Å². The van der Waals surface area contributed by atoms with E-state index in [1.807, 2.05) is 0 Å². The summed E-state index contributed by atoms with van der Waals surface area (Å²) in [6.07, 6.45) is 4.25. The summed E-state index contributed by atoms with van der Waals surface area (Å²) in [5.41, 5.74) is 5.35. The van der Waals surface area contributed by atoms with Crippen LogP contribution in [0.2, 0.25) is 0 Å². The summed E-state index contributed by atoms with van der Waals surface area (Å²) >= 11 is 0. The number of nitrogen functional groups attached to an aromatic ring is 1. The molecule has 0 saturated heterocycles. The molecule has 11 heavy (non-hydrogen) atoms. The van der Waals surface area contributed by atoms with Gasteiger partial charge in [-0.25, -0.2) is 9.97 Å². The molecular formula is C7H12N4. The van der Waals surface area contributed by atoms with Crippen molar-refractivity contribution in [2.45, 2.75) is 13.3 Å². The third-order valence-corrected chi connectivity index (χ3v) is 1.23. The molecule has 1 heterocycles. The quantitative estimate of drug-likeness (QED) is 0.674. The number of aromatic nitrogens is 2. The van der Waals surface area contributed by atoms with E-state index in [1.54, 1.807) is 6.20 Å². The van der Waals surface area contributed by atoms with Crippen molar-refractivity contribution in [2.24, 2.45) is 0 Å². The predicted molar refractivity (Wildman–Crippen MR) is 45.2 cm³/mol. The van der Waals surface area contributed by atoms with E-state index in [9.17, 15) is 0 Å². The molecule has 60 valence electrons. The largest absolute Gasteiger partial charge is 0.382 e. The van der Waals surface area contributed by atoms with E-state index in [0.717, 1.165) is 18.8 Å². The van der Waals surface area contributed by atoms with Gasteiger partial charge in [-0.05, 0) is 6.42 Å². The number of nitrogens with two attached hydrogens (primary N) is 1. The third-order valence-electron chi connectivity index (χ3n) is 1.23. The molecule has 0 radical (unpaired) electrons. The number of nitrogens with one attached hydrogen (secondary N) is 1. The van der Waals surface area contributed by atoms with Gasteiger partial charge in [0.15, 0.2) is 0 Å². The van der Waals surface area contributed by atoms with Crippen molar-refractivity contribution in [3.63, 3.8) is 0 Å². The van der Waals surface area contributed by atoms with Crippen LogP contribution in [0.25, 0.3) is 0 Å². The summed E-state index contributed by atoms with van der Waals surface area (Å²) < 4.78 is 0. The van der Waals surface area contributed by atoms with Crippen LogP contribution in [0.3, 0.4) is 0 Å². The second kappa shape index (κ2) is 3.75. The summed E-state index contributed by atoms with van der Waals surface area (Å²) in [6.45, 7) is 3.01.